The predicted molar refractivity (Wildman–Crippen MR) is 94.7 cm³/mol. The van der Waals surface area contributed by atoms with Gasteiger partial charge < -0.3 is 10.1 Å². The highest BCUT2D eigenvalue weighted by Gasteiger charge is 2.06. The summed E-state index contributed by atoms with van der Waals surface area (Å²) in [5.41, 5.74) is 1.19. The van der Waals surface area contributed by atoms with Crippen molar-refractivity contribution in [1.82, 2.24) is 14.5 Å². The largest absolute Gasteiger partial charge is 0.481 e. The van der Waals surface area contributed by atoms with Gasteiger partial charge in [-0.1, -0.05) is 12.1 Å². The number of fused-ring (bicyclic) bond motifs is 1. The van der Waals surface area contributed by atoms with E-state index in [1.165, 1.54) is 24.2 Å². The monoisotopic (exact) mass is 338 g/mol. The van der Waals surface area contributed by atoms with E-state index in [1.54, 1.807) is 24.3 Å². The maximum absolute atomic E-state index is 12.4. The Labute approximate surface area is 144 Å². The van der Waals surface area contributed by atoms with Crippen molar-refractivity contribution in [2.24, 2.45) is 0 Å². The maximum Gasteiger partial charge on any atom is 0.261 e. The van der Waals surface area contributed by atoms with E-state index >= 15 is 0 Å². The summed E-state index contributed by atoms with van der Waals surface area (Å²) in [7, 11) is 1.53. The quantitative estimate of drug-likeness (QED) is 0.745. The van der Waals surface area contributed by atoms with E-state index in [2.05, 4.69) is 15.3 Å². The molecular formula is C18H18N4O3. The lowest BCUT2D eigenvalue weighted by Gasteiger charge is -2.07. The number of pyridine rings is 1. The first kappa shape index (κ1) is 16.6. The summed E-state index contributed by atoms with van der Waals surface area (Å²) in [4.78, 5) is 32.6. The van der Waals surface area contributed by atoms with Crippen molar-refractivity contribution in [2.75, 3.05) is 12.4 Å². The zero-order valence-electron chi connectivity index (χ0n) is 13.8. The number of ether oxygens (including phenoxy) is 1. The van der Waals surface area contributed by atoms with Crippen LogP contribution in [0.15, 0.2) is 53.7 Å². The molecule has 0 unspecified atom stereocenters. The Morgan fingerprint density at radius 3 is 2.80 bits per heavy atom. The van der Waals surface area contributed by atoms with Gasteiger partial charge in [0.25, 0.3) is 5.56 Å². The van der Waals surface area contributed by atoms with Gasteiger partial charge in [-0.2, -0.15) is 0 Å². The van der Waals surface area contributed by atoms with E-state index in [4.69, 9.17) is 4.74 Å². The second-order valence-corrected chi connectivity index (χ2v) is 5.50. The van der Waals surface area contributed by atoms with Gasteiger partial charge in [0.1, 0.15) is 0 Å². The molecule has 0 atom stereocenters. The molecule has 2 heterocycles. The number of hydrogen-bond donors (Lipinski definition) is 1. The fraction of sp³-hybridized carbons (Fsp3) is 0.222. The van der Waals surface area contributed by atoms with Crippen LogP contribution in [0.25, 0.3) is 10.9 Å². The van der Waals surface area contributed by atoms with Crippen LogP contribution in [0.3, 0.4) is 0 Å². The molecule has 1 amide bonds. The van der Waals surface area contributed by atoms with Gasteiger partial charge in [0.2, 0.25) is 11.8 Å². The van der Waals surface area contributed by atoms with Crippen LogP contribution in [0.2, 0.25) is 0 Å². The zero-order chi connectivity index (χ0) is 17.6. The molecule has 25 heavy (non-hydrogen) atoms. The fourth-order valence-corrected chi connectivity index (χ4v) is 2.47. The van der Waals surface area contributed by atoms with Crippen molar-refractivity contribution < 1.29 is 9.53 Å². The van der Waals surface area contributed by atoms with Gasteiger partial charge in [0, 0.05) is 19.0 Å². The van der Waals surface area contributed by atoms with E-state index in [0.717, 1.165) is 0 Å². The molecule has 7 heteroatoms. The van der Waals surface area contributed by atoms with Gasteiger partial charge in [-0.3, -0.25) is 14.2 Å². The van der Waals surface area contributed by atoms with Gasteiger partial charge >= 0.3 is 0 Å². The van der Waals surface area contributed by atoms with E-state index in [-0.39, 0.29) is 11.5 Å². The lowest BCUT2D eigenvalue weighted by atomic mass is 10.2. The van der Waals surface area contributed by atoms with Crippen LogP contribution in [-0.4, -0.2) is 27.6 Å². The Balaban J connectivity index is 1.56. The lowest BCUT2D eigenvalue weighted by Crippen LogP contribution is -2.21. The number of carbonyl (C=O) groups is 1. The molecule has 0 saturated carbocycles. The number of rotatable bonds is 6. The molecule has 2 aromatic heterocycles. The zero-order valence-corrected chi connectivity index (χ0v) is 13.8. The normalized spacial score (nSPS) is 10.6. The number of methoxy groups -OCH3 is 1. The van der Waals surface area contributed by atoms with Crippen molar-refractivity contribution in [3.8, 4) is 5.88 Å². The van der Waals surface area contributed by atoms with Crippen LogP contribution in [0.4, 0.5) is 5.69 Å². The topological polar surface area (TPSA) is 86.1 Å². The molecule has 3 rings (SSSR count). The molecule has 0 aliphatic heterocycles. The summed E-state index contributed by atoms with van der Waals surface area (Å²) in [6.45, 7) is 0.435. The van der Waals surface area contributed by atoms with Gasteiger partial charge in [0.05, 0.1) is 36.2 Å². The number of anilines is 1. The van der Waals surface area contributed by atoms with Crippen molar-refractivity contribution in [3.63, 3.8) is 0 Å². The number of nitrogens with zero attached hydrogens (tertiary/aromatic N) is 3. The van der Waals surface area contributed by atoms with Gasteiger partial charge in [-0.05, 0) is 24.6 Å². The van der Waals surface area contributed by atoms with Crippen molar-refractivity contribution in [3.05, 3.63) is 59.3 Å². The molecule has 1 aromatic carbocycles. The summed E-state index contributed by atoms with van der Waals surface area (Å²) in [6, 6.07) is 10.6. The average molecular weight is 338 g/mol. The number of benzene rings is 1. The Kier molecular flexibility index (Phi) is 5.03. The van der Waals surface area contributed by atoms with Crippen LogP contribution in [-0.2, 0) is 11.3 Å². The molecule has 0 aliphatic carbocycles. The summed E-state index contributed by atoms with van der Waals surface area (Å²) < 4.78 is 6.50. The third-order valence-corrected chi connectivity index (χ3v) is 3.76. The highest BCUT2D eigenvalue weighted by Crippen LogP contribution is 2.11. The van der Waals surface area contributed by atoms with Crippen molar-refractivity contribution in [1.29, 1.82) is 0 Å². The van der Waals surface area contributed by atoms with Crippen LogP contribution in [0, 0.1) is 0 Å². The van der Waals surface area contributed by atoms with Gasteiger partial charge in [0.15, 0.2) is 0 Å². The first-order chi connectivity index (χ1) is 12.2. The smallest absolute Gasteiger partial charge is 0.261 e. The summed E-state index contributed by atoms with van der Waals surface area (Å²) in [5, 5.41) is 3.35. The highest BCUT2D eigenvalue weighted by molar-refractivity contribution is 5.90. The molecule has 7 nitrogen and oxygen atoms in total. The van der Waals surface area contributed by atoms with Crippen LogP contribution < -0.4 is 15.6 Å². The first-order valence-corrected chi connectivity index (χ1v) is 7.91. The minimum atomic E-state index is -0.131. The summed E-state index contributed by atoms with van der Waals surface area (Å²) >= 11 is 0. The summed E-state index contributed by atoms with van der Waals surface area (Å²) in [6.07, 6.45) is 3.89. The Hall–Kier alpha value is -3.22. The lowest BCUT2D eigenvalue weighted by molar-refractivity contribution is -0.116. The molecule has 128 valence electrons. The molecule has 0 radical (unpaired) electrons. The number of aryl methyl sites for hydroxylation is 1. The fourth-order valence-electron chi connectivity index (χ4n) is 2.47. The Bertz CT molecular complexity index is 935. The maximum atomic E-state index is 12.4. The van der Waals surface area contributed by atoms with Crippen molar-refractivity contribution >= 4 is 22.5 Å². The Morgan fingerprint density at radius 2 is 2.04 bits per heavy atom. The molecule has 0 saturated heterocycles. The molecule has 3 aromatic rings. The van der Waals surface area contributed by atoms with Crippen LogP contribution >= 0.6 is 0 Å². The molecule has 1 N–H and O–H groups in total. The second kappa shape index (κ2) is 7.57. The third-order valence-electron chi connectivity index (χ3n) is 3.76. The van der Waals surface area contributed by atoms with E-state index in [0.29, 0.717) is 41.9 Å². The minimum Gasteiger partial charge on any atom is -0.481 e. The molecule has 0 fully saturated rings. The number of carbonyl (C=O) groups excluding carboxylic acids is 1. The second-order valence-electron chi connectivity index (χ2n) is 5.50. The van der Waals surface area contributed by atoms with Crippen LogP contribution in [0.5, 0.6) is 5.88 Å². The standard InChI is InChI=1S/C18H18N4O3/c1-25-17-9-8-13(11-19-17)21-16(23)7-4-10-22-12-20-15-6-3-2-5-14(15)18(22)24/h2-3,5-6,8-9,11-12H,4,7,10H2,1H3,(H,21,23). The van der Waals surface area contributed by atoms with Gasteiger partial charge in [-0.15, -0.1) is 0 Å². The Morgan fingerprint density at radius 1 is 1.20 bits per heavy atom. The van der Waals surface area contributed by atoms with E-state index < -0.39 is 0 Å². The highest BCUT2D eigenvalue weighted by atomic mass is 16.5. The van der Waals surface area contributed by atoms with Crippen molar-refractivity contribution in [2.45, 2.75) is 19.4 Å². The number of hydrogen-bond acceptors (Lipinski definition) is 5. The molecular weight excluding hydrogens is 320 g/mol. The number of aromatic nitrogens is 3. The minimum absolute atomic E-state index is 0.0923. The summed E-state index contributed by atoms with van der Waals surface area (Å²) in [5.74, 6) is 0.356. The predicted octanol–water partition coefficient (Wildman–Crippen LogP) is 2.22. The van der Waals surface area contributed by atoms with E-state index in [1.807, 2.05) is 12.1 Å². The number of amides is 1. The third kappa shape index (κ3) is 4.00. The van der Waals surface area contributed by atoms with Crippen LogP contribution in [0.1, 0.15) is 12.8 Å². The van der Waals surface area contributed by atoms with E-state index in [9.17, 15) is 9.59 Å². The SMILES string of the molecule is COc1ccc(NC(=O)CCCn2cnc3ccccc3c2=O)cn1. The average Bonchev–Trinajstić information content (AvgIpc) is 2.64. The van der Waals surface area contributed by atoms with Gasteiger partial charge in [-0.25, -0.2) is 9.97 Å². The number of nitrogens with one attached hydrogen (secondary N) is 1. The molecule has 0 bridgehead atoms. The number of para-hydroxylation sites is 1. The molecule has 0 aliphatic rings. The molecule has 0 spiro atoms. The first-order valence-electron chi connectivity index (χ1n) is 7.91.